The minimum absolute atomic E-state index is 0.633. The normalized spacial score (nSPS) is 11.7. The summed E-state index contributed by atoms with van der Waals surface area (Å²) < 4.78 is 6.11. The molecule has 2 nitrogen and oxygen atoms in total. The third kappa shape index (κ3) is 2.79. The largest absolute Gasteiger partial charge is 0.438 e. The van der Waals surface area contributed by atoms with Crippen molar-refractivity contribution < 1.29 is 4.42 Å². The second-order valence-electron chi connectivity index (χ2n) is 5.32. The fourth-order valence-corrected chi connectivity index (χ4v) is 2.59. The molecular formula is C21H15NO. The van der Waals surface area contributed by atoms with Gasteiger partial charge in [0.1, 0.15) is 5.76 Å². The van der Waals surface area contributed by atoms with Gasteiger partial charge in [0.2, 0.25) is 5.55 Å². The summed E-state index contributed by atoms with van der Waals surface area (Å²) in [5, 5.41) is 2.13. The Balaban J connectivity index is 2.01. The fourth-order valence-electron chi connectivity index (χ4n) is 2.59. The van der Waals surface area contributed by atoms with E-state index in [-0.39, 0.29) is 0 Å². The van der Waals surface area contributed by atoms with Gasteiger partial charge in [0.05, 0.1) is 5.69 Å². The van der Waals surface area contributed by atoms with E-state index in [2.05, 4.69) is 17.1 Å². The smallest absolute Gasteiger partial charge is 0.227 e. The van der Waals surface area contributed by atoms with E-state index in [9.17, 15) is 0 Å². The average molecular weight is 297 g/mol. The molecule has 110 valence electrons. The Labute approximate surface area is 134 Å². The lowest BCUT2D eigenvalue weighted by atomic mass is 10.1. The summed E-state index contributed by atoms with van der Waals surface area (Å²) in [4.78, 5) is 4.69. The maximum atomic E-state index is 6.11. The van der Waals surface area contributed by atoms with Crippen molar-refractivity contribution in [3.05, 3.63) is 96.5 Å². The second-order valence-corrected chi connectivity index (χ2v) is 5.32. The molecule has 1 aromatic heterocycles. The van der Waals surface area contributed by atoms with Crippen LogP contribution in [-0.4, -0.2) is 0 Å². The van der Waals surface area contributed by atoms with E-state index in [0.29, 0.717) is 5.55 Å². The summed E-state index contributed by atoms with van der Waals surface area (Å²) in [7, 11) is 0. The molecule has 1 heterocycles. The van der Waals surface area contributed by atoms with E-state index < -0.39 is 0 Å². The summed E-state index contributed by atoms with van der Waals surface area (Å²) in [5.41, 5.74) is 2.56. The molecule has 0 fully saturated rings. The van der Waals surface area contributed by atoms with Gasteiger partial charge >= 0.3 is 0 Å². The van der Waals surface area contributed by atoms with Gasteiger partial charge in [0.25, 0.3) is 0 Å². The van der Waals surface area contributed by atoms with E-state index in [0.717, 1.165) is 27.8 Å². The molecule has 0 saturated carbocycles. The van der Waals surface area contributed by atoms with Gasteiger partial charge in [0, 0.05) is 10.9 Å². The van der Waals surface area contributed by atoms with Crippen LogP contribution in [0.4, 0.5) is 5.69 Å². The minimum atomic E-state index is 0.633. The lowest BCUT2D eigenvalue weighted by Gasteiger charge is -2.04. The quantitative estimate of drug-likeness (QED) is 0.491. The lowest BCUT2D eigenvalue weighted by molar-refractivity contribution is 0.520. The van der Waals surface area contributed by atoms with Crippen LogP contribution < -0.4 is 5.55 Å². The number of benzene rings is 3. The summed E-state index contributed by atoms with van der Waals surface area (Å²) in [6.07, 6.45) is 0. The van der Waals surface area contributed by atoms with Crippen molar-refractivity contribution >= 4 is 16.5 Å². The number of nitrogens with zero attached hydrogens (tertiary/aromatic N) is 1. The first-order valence-electron chi connectivity index (χ1n) is 7.58. The van der Waals surface area contributed by atoms with E-state index in [1.54, 1.807) is 0 Å². The summed E-state index contributed by atoms with van der Waals surface area (Å²) in [5.74, 6) is 0.819. The van der Waals surface area contributed by atoms with Gasteiger partial charge < -0.3 is 4.42 Å². The molecular weight excluding hydrogens is 282 g/mol. The molecule has 2 heteroatoms. The van der Waals surface area contributed by atoms with Gasteiger partial charge in [0.15, 0.2) is 0 Å². The Morgan fingerprint density at radius 1 is 0.652 bits per heavy atom. The zero-order chi connectivity index (χ0) is 15.5. The van der Waals surface area contributed by atoms with E-state index in [4.69, 9.17) is 4.42 Å². The van der Waals surface area contributed by atoms with E-state index >= 15 is 0 Å². The van der Waals surface area contributed by atoms with Gasteiger partial charge in [-0.15, -0.1) is 0 Å². The minimum Gasteiger partial charge on any atom is -0.438 e. The molecule has 3 aromatic carbocycles. The molecule has 0 saturated heterocycles. The molecule has 0 bridgehead atoms. The van der Waals surface area contributed by atoms with Gasteiger partial charge in [-0.1, -0.05) is 66.7 Å². The van der Waals surface area contributed by atoms with Crippen LogP contribution in [0.3, 0.4) is 0 Å². The number of rotatable bonds is 2. The van der Waals surface area contributed by atoms with E-state index in [1.807, 2.05) is 78.9 Å². The Morgan fingerprint density at radius 2 is 1.30 bits per heavy atom. The van der Waals surface area contributed by atoms with Crippen LogP contribution in [0.2, 0.25) is 0 Å². The van der Waals surface area contributed by atoms with E-state index in [1.165, 1.54) is 0 Å². The van der Waals surface area contributed by atoms with Crippen LogP contribution in [0, 0.1) is 0 Å². The van der Waals surface area contributed by atoms with Crippen LogP contribution in [0.15, 0.2) is 100 Å². The predicted octanol–water partition coefficient (Wildman–Crippen LogP) is 5.33. The SMILES string of the molecule is c1ccc(N=c2oc(-c3ccccc3)cc3ccccc23)cc1. The van der Waals surface area contributed by atoms with Crippen molar-refractivity contribution in [1.29, 1.82) is 0 Å². The molecule has 0 amide bonds. The monoisotopic (exact) mass is 297 g/mol. The summed E-state index contributed by atoms with van der Waals surface area (Å²) in [6.45, 7) is 0. The molecule has 23 heavy (non-hydrogen) atoms. The molecule has 0 aliphatic rings. The third-order valence-electron chi connectivity index (χ3n) is 3.73. The average Bonchev–Trinajstić information content (AvgIpc) is 2.63. The Bertz CT molecular complexity index is 1000. The van der Waals surface area contributed by atoms with Crippen LogP contribution in [0.5, 0.6) is 0 Å². The highest BCUT2D eigenvalue weighted by Gasteiger charge is 2.05. The molecule has 4 rings (SSSR count). The lowest BCUT2D eigenvalue weighted by Crippen LogP contribution is -2.02. The first-order chi connectivity index (χ1) is 11.4. The number of hydrogen-bond donors (Lipinski definition) is 0. The highest BCUT2D eigenvalue weighted by atomic mass is 16.3. The van der Waals surface area contributed by atoms with Crippen molar-refractivity contribution in [2.24, 2.45) is 4.99 Å². The molecule has 4 aromatic rings. The number of para-hydroxylation sites is 1. The van der Waals surface area contributed by atoms with Crippen LogP contribution in [0.25, 0.3) is 22.1 Å². The predicted molar refractivity (Wildman–Crippen MR) is 93.3 cm³/mol. The topological polar surface area (TPSA) is 25.5 Å². The van der Waals surface area contributed by atoms with Gasteiger partial charge in [-0.25, -0.2) is 4.99 Å². The number of fused-ring (bicyclic) bond motifs is 1. The molecule has 0 unspecified atom stereocenters. The molecule has 0 aliphatic heterocycles. The van der Waals surface area contributed by atoms with Gasteiger partial charge in [-0.2, -0.15) is 0 Å². The summed E-state index contributed by atoms with van der Waals surface area (Å²) >= 11 is 0. The first-order valence-corrected chi connectivity index (χ1v) is 7.58. The maximum Gasteiger partial charge on any atom is 0.227 e. The Kier molecular flexibility index (Phi) is 3.49. The Hall–Kier alpha value is -3.13. The zero-order valence-electron chi connectivity index (χ0n) is 12.5. The van der Waals surface area contributed by atoms with Crippen LogP contribution >= 0.6 is 0 Å². The standard InChI is InChI=1S/C21H15NO/c1-3-9-16(10-4-1)20-15-17-11-7-8-14-19(17)21(23-20)22-18-12-5-2-6-13-18/h1-15H. The molecule has 0 atom stereocenters. The number of hydrogen-bond acceptors (Lipinski definition) is 2. The van der Waals surface area contributed by atoms with Crippen LogP contribution in [0.1, 0.15) is 0 Å². The van der Waals surface area contributed by atoms with Crippen molar-refractivity contribution in [3.8, 4) is 11.3 Å². The Morgan fingerprint density at radius 3 is 2.09 bits per heavy atom. The second kappa shape index (κ2) is 5.93. The molecule has 0 aliphatic carbocycles. The third-order valence-corrected chi connectivity index (χ3v) is 3.73. The van der Waals surface area contributed by atoms with Crippen LogP contribution in [-0.2, 0) is 0 Å². The van der Waals surface area contributed by atoms with Gasteiger partial charge in [-0.3, -0.25) is 0 Å². The molecule has 0 spiro atoms. The zero-order valence-corrected chi connectivity index (χ0v) is 12.5. The van der Waals surface area contributed by atoms with Gasteiger partial charge in [-0.05, 0) is 29.7 Å². The summed E-state index contributed by atoms with van der Waals surface area (Å²) in [6, 6.07) is 30.2. The highest BCUT2D eigenvalue weighted by Crippen LogP contribution is 2.22. The first kappa shape index (κ1) is 13.5. The molecule has 0 radical (unpaired) electrons. The van der Waals surface area contributed by atoms with Crippen molar-refractivity contribution in [3.63, 3.8) is 0 Å². The van der Waals surface area contributed by atoms with Crippen molar-refractivity contribution in [1.82, 2.24) is 0 Å². The highest BCUT2D eigenvalue weighted by molar-refractivity contribution is 5.84. The van der Waals surface area contributed by atoms with Crippen molar-refractivity contribution in [2.75, 3.05) is 0 Å². The fraction of sp³-hybridized carbons (Fsp3) is 0. The molecule has 0 N–H and O–H groups in total. The maximum absolute atomic E-state index is 6.11. The van der Waals surface area contributed by atoms with Crippen molar-refractivity contribution in [2.45, 2.75) is 0 Å².